The summed E-state index contributed by atoms with van der Waals surface area (Å²) in [4.78, 5) is 23.4. The van der Waals surface area contributed by atoms with Crippen LogP contribution in [0.25, 0.3) is 0 Å². The van der Waals surface area contributed by atoms with Gasteiger partial charge in [-0.1, -0.05) is 5.16 Å². The fourth-order valence-corrected chi connectivity index (χ4v) is 2.02. The van der Waals surface area contributed by atoms with Crippen molar-refractivity contribution < 1.29 is 4.52 Å². The molecule has 0 bridgehead atoms. The number of nitrogens with one attached hydrogen (secondary N) is 1. The first-order valence-electron chi connectivity index (χ1n) is 6.30. The summed E-state index contributed by atoms with van der Waals surface area (Å²) in [6.45, 7) is 4.73. The summed E-state index contributed by atoms with van der Waals surface area (Å²) in [5.41, 5.74) is 1.85. The fourth-order valence-electron chi connectivity index (χ4n) is 2.02. The third kappa shape index (κ3) is 2.57. The van der Waals surface area contributed by atoms with Gasteiger partial charge in [0.15, 0.2) is 0 Å². The molecule has 0 fully saturated rings. The Kier molecular flexibility index (Phi) is 3.89. The van der Waals surface area contributed by atoms with Crippen LogP contribution in [0.15, 0.2) is 20.2 Å². The third-order valence-electron chi connectivity index (χ3n) is 3.41. The molecule has 1 N–H and O–H groups in total. The highest BCUT2D eigenvalue weighted by Gasteiger charge is 2.09. The molecular formula is C13H18N4O3. The predicted octanol–water partition coefficient (Wildman–Crippen LogP) is -0.0214. The van der Waals surface area contributed by atoms with Crippen LogP contribution in [-0.4, -0.2) is 14.3 Å². The van der Waals surface area contributed by atoms with E-state index in [1.807, 2.05) is 13.8 Å². The molecule has 7 heteroatoms. The minimum absolute atomic E-state index is 0.303. The lowest BCUT2D eigenvalue weighted by Gasteiger charge is -2.10. The number of rotatable bonds is 4. The molecule has 2 heterocycles. The molecule has 20 heavy (non-hydrogen) atoms. The topological polar surface area (TPSA) is 82.1 Å². The number of aryl methyl sites for hydroxylation is 2. The Balaban J connectivity index is 2.13. The molecule has 0 radical (unpaired) electrons. The Labute approximate surface area is 115 Å². The van der Waals surface area contributed by atoms with Gasteiger partial charge in [0.1, 0.15) is 5.76 Å². The molecule has 0 atom stereocenters. The van der Waals surface area contributed by atoms with Crippen molar-refractivity contribution in [3.63, 3.8) is 0 Å². The Morgan fingerprint density at radius 2 is 1.90 bits per heavy atom. The number of aromatic nitrogens is 3. The second kappa shape index (κ2) is 5.46. The van der Waals surface area contributed by atoms with Gasteiger partial charge in [-0.05, 0) is 13.8 Å². The lowest BCUT2D eigenvalue weighted by Crippen LogP contribution is -2.39. The third-order valence-corrected chi connectivity index (χ3v) is 3.41. The number of nitrogens with zero attached hydrogens (tertiary/aromatic N) is 3. The van der Waals surface area contributed by atoms with Crippen LogP contribution in [-0.2, 0) is 27.2 Å². The van der Waals surface area contributed by atoms with E-state index in [2.05, 4.69) is 10.5 Å². The van der Waals surface area contributed by atoms with Gasteiger partial charge in [0.25, 0.3) is 5.56 Å². The molecule has 0 aliphatic heterocycles. The summed E-state index contributed by atoms with van der Waals surface area (Å²) in [5, 5.41) is 7.07. The van der Waals surface area contributed by atoms with Gasteiger partial charge < -0.3 is 9.84 Å². The molecule has 108 valence electrons. The Morgan fingerprint density at radius 3 is 2.50 bits per heavy atom. The highest BCUT2D eigenvalue weighted by atomic mass is 16.5. The van der Waals surface area contributed by atoms with Gasteiger partial charge in [-0.25, -0.2) is 4.79 Å². The first-order valence-corrected chi connectivity index (χ1v) is 6.30. The Morgan fingerprint density at radius 1 is 1.20 bits per heavy atom. The van der Waals surface area contributed by atoms with Crippen LogP contribution in [0.5, 0.6) is 0 Å². The van der Waals surface area contributed by atoms with Gasteiger partial charge in [-0.15, -0.1) is 0 Å². The van der Waals surface area contributed by atoms with Crippen LogP contribution in [0.3, 0.4) is 0 Å². The smallest absolute Gasteiger partial charge is 0.330 e. The van der Waals surface area contributed by atoms with Gasteiger partial charge in [0.2, 0.25) is 0 Å². The SMILES string of the molecule is Cc1noc(C)c1CNCc1cc(=O)n(C)c(=O)n1C. The maximum atomic E-state index is 11.8. The van der Waals surface area contributed by atoms with E-state index < -0.39 is 0 Å². The molecule has 0 aromatic carbocycles. The average Bonchev–Trinajstić information content (AvgIpc) is 2.73. The van der Waals surface area contributed by atoms with Crippen LogP contribution >= 0.6 is 0 Å². The highest BCUT2D eigenvalue weighted by Crippen LogP contribution is 2.11. The Bertz CT molecular complexity index is 720. The van der Waals surface area contributed by atoms with E-state index in [1.165, 1.54) is 17.7 Å². The van der Waals surface area contributed by atoms with Crippen LogP contribution in [0.2, 0.25) is 0 Å². The zero-order valence-corrected chi connectivity index (χ0v) is 12.1. The van der Waals surface area contributed by atoms with Crippen molar-refractivity contribution in [2.24, 2.45) is 14.1 Å². The molecule has 0 amide bonds. The van der Waals surface area contributed by atoms with E-state index in [-0.39, 0.29) is 11.2 Å². The van der Waals surface area contributed by atoms with E-state index in [0.29, 0.717) is 18.8 Å². The quantitative estimate of drug-likeness (QED) is 0.850. The first-order chi connectivity index (χ1) is 9.41. The first kappa shape index (κ1) is 14.3. The van der Waals surface area contributed by atoms with Crippen LogP contribution in [0.1, 0.15) is 22.7 Å². The van der Waals surface area contributed by atoms with Gasteiger partial charge in [-0.3, -0.25) is 13.9 Å². The van der Waals surface area contributed by atoms with Gasteiger partial charge in [-0.2, -0.15) is 0 Å². The molecule has 0 aliphatic rings. The monoisotopic (exact) mass is 278 g/mol. The van der Waals surface area contributed by atoms with Crippen molar-refractivity contribution in [1.82, 2.24) is 19.6 Å². The summed E-state index contributed by atoms with van der Waals surface area (Å²) in [7, 11) is 3.11. The zero-order chi connectivity index (χ0) is 14.9. The maximum Gasteiger partial charge on any atom is 0.330 e. The van der Waals surface area contributed by atoms with Crippen molar-refractivity contribution in [2.75, 3.05) is 0 Å². The van der Waals surface area contributed by atoms with Crippen molar-refractivity contribution in [3.8, 4) is 0 Å². The van der Waals surface area contributed by atoms with Crippen molar-refractivity contribution in [2.45, 2.75) is 26.9 Å². The standard InChI is InChI=1S/C13H18N4O3/c1-8-11(9(2)20-15-8)7-14-6-10-5-12(18)17(4)13(19)16(10)3/h5,14H,6-7H2,1-4H3. The summed E-state index contributed by atoms with van der Waals surface area (Å²) in [5.74, 6) is 0.771. The summed E-state index contributed by atoms with van der Waals surface area (Å²) in [6.07, 6.45) is 0. The summed E-state index contributed by atoms with van der Waals surface area (Å²) < 4.78 is 7.62. The van der Waals surface area contributed by atoms with Gasteiger partial charge in [0, 0.05) is 44.5 Å². The minimum atomic E-state index is -0.327. The van der Waals surface area contributed by atoms with Gasteiger partial charge in [0.05, 0.1) is 5.69 Å². The number of hydrogen-bond donors (Lipinski definition) is 1. The summed E-state index contributed by atoms with van der Waals surface area (Å²) >= 11 is 0. The van der Waals surface area contributed by atoms with Crippen LogP contribution in [0.4, 0.5) is 0 Å². The molecule has 0 saturated carbocycles. The van der Waals surface area contributed by atoms with Crippen molar-refractivity contribution in [3.05, 3.63) is 49.6 Å². The van der Waals surface area contributed by atoms with Crippen molar-refractivity contribution >= 4 is 0 Å². The molecular weight excluding hydrogens is 260 g/mol. The molecule has 0 spiro atoms. The fraction of sp³-hybridized carbons (Fsp3) is 0.462. The minimum Gasteiger partial charge on any atom is -0.361 e. The predicted molar refractivity (Wildman–Crippen MR) is 73.4 cm³/mol. The number of hydrogen-bond acceptors (Lipinski definition) is 5. The zero-order valence-electron chi connectivity index (χ0n) is 12.1. The van der Waals surface area contributed by atoms with E-state index in [4.69, 9.17) is 4.52 Å². The second-order valence-electron chi connectivity index (χ2n) is 4.78. The summed E-state index contributed by atoms with van der Waals surface area (Å²) in [6, 6.07) is 1.46. The van der Waals surface area contributed by atoms with Crippen LogP contribution < -0.4 is 16.6 Å². The molecule has 2 aromatic rings. The molecule has 0 saturated heterocycles. The second-order valence-corrected chi connectivity index (χ2v) is 4.78. The molecule has 2 aromatic heterocycles. The van der Waals surface area contributed by atoms with Crippen molar-refractivity contribution in [1.29, 1.82) is 0 Å². The van der Waals surface area contributed by atoms with E-state index in [0.717, 1.165) is 21.6 Å². The maximum absolute atomic E-state index is 11.8. The van der Waals surface area contributed by atoms with E-state index in [9.17, 15) is 9.59 Å². The highest BCUT2D eigenvalue weighted by molar-refractivity contribution is 5.20. The average molecular weight is 278 g/mol. The molecule has 2 rings (SSSR count). The van der Waals surface area contributed by atoms with E-state index >= 15 is 0 Å². The lowest BCUT2D eigenvalue weighted by molar-refractivity contribution is 0.391. The largest absolute Gasteiger partial charge is 0.361 e. The Hall–Kier alpha value is -2.15. The lowest BCUT2D eigenvalue weighted by atomic mass is 10.2. The molecule has 7 nitrogen and oxygen atoms in total. The molecule has 0 unspecified atom stereocenters. The normalized spacial score (nSPS) is 11.0. The van der Waals surface area contributed by atoms with E-state index in [1.54, 1.807) is 7.05 Å². The van der Waals surface area contributed by atoms with Crippen LogP contribution in [0, 0.1) is 13.8 Å². The van der Waals surface area contributed by atoms with Gasteiger partial charge >= 0.3 is 5.69 Å². The molecule has 0 aliphatic carbocycles.